The van der Waals surface area contributed by atoms with E-state index >= 15 is 0 Å². The minimum atomic E-state index is -1.32. The van der Waals surface area contributed by atoms with Crippen molar-refractivity contribution in [2.45, 2.75) is 51.9 Å². The lowest BCUT2D eigenvalue weighted by Crippen LogP contribution is -2.31. The predicted molar refractivity (Wildman–Crippen MR) is 62.2 cm³/mol. The van der Waals surface area contributed by atoms with Gasteiger partial charge in [0.1, 0.15) is 21.7 Å². The third-order valence-electron chi connectivity index (χ3n) is 1.39. The highest BCUT2D eigenvalue weighted by atomic mass is 32.2. The van der Waals surface area contributed by atoms with Gasteiger partial charge in [0.15, 0.2) is 0 Å². The van der Waals surface area contributed by atoms with Gasteiger partial charge in [-0.3, -0.25) is 4.79 Å². The first-order valence-electron chi connectivity index (χ1n) is 4.71. The molecule has 0 saturated carbocycles. The summed E-state index contributed by atoms with van der Waals surface area (Å²) in [6.45, 7) is 10.2. The topological polar surface area (TPSA) is 61.7 Å². The summed E-state index contributed by atoms with van der Waals surface area (Å²) < 4.78 is 20.0. The van der Waals surface area contributed by atoms with E-state index in [1.165, 1.54) is 13.1 Å². The Morgan fingerprint density at radius 2 is 1.80 bits per heavy atom. The fourth-order valence-corrected chi connectivity index (χ4v) is 1.40. The number of carbonyl (C=O) groups is 1. The van der Waals surface area contributed by atoms with E-state index in [2.05, 4.69) is 4.40 Å². The van der Waals surface area contributed by atoms with Gasteiger partial charge in [0.05, 0.1) is 6.21 Å². The van der Waals surface area contributed by atoms with Gasteiger partial charge < -0.3 is 9.29 Å². The summed E-state index contributed by atoms with van der Waals surface area (Å²) in [6.07, 6.45) is 1.41. The van der Waals surface area contributed by atoms with E-state index in [1.807, 2.05) is 20.8 Å². The van der Waals surface area contributed by atoms with Crippen LogP contribution in [0.2, 0.25) is 0 Å². The molecule has 88 valence electrons. The minimum absolute atomic E-state index is 0.381. The molecule has 0 unspecified atom stereocenters. The van der Waals surface area contributed by atoms with Crippen molar-refractivity contribution in [2.24, 2.45) is 4.40 Å². The highest BCUT2D eigenvalue weighted by Crippen LogP contribution is 2.17. The zero-order chi connectivity index (χ0) is 12.3. The second kappa shape index (κ2) is 4.99. The van der Waals surface area contributed by atoms with Crippen LogP contribution >= 0.6 is 0 Å². The molecule has 0 rings (SSSR count). The molecule has 0 spiro atoms. The third-order valence-corrected chi connectivity index (χ3v) is 2.73. The molecule has 0 fully saturated rings. The van der Waals surface area contributed by atoms with Gasteiger partial charge in [-0.05, 0) is 34.6 Å². The smallest absolute Gasteiger partial charge is 0.303 e. The van der Waals surface area contributed by atoms with E-state index in [-0.39, 0.29) is 5.97 Å². The van der Waals surface area contributed by atoms with Gasteiger partial charge in [-0.1, -0.05) is 4.40 Å². The first-order valence-corrected chi connectivity index (χ1v) is 5.82. The van der Waals surface area contributed by atoms with Gasteiger partial charge in [0.2, 0.25) is 0 Å². The van der Waals surface area contributed by atoms with E-state index in [0.29, 0.717) is 0 Å². The normalized spacial score (nSPS) is 15.4. The van der Waals surface area contributed by atoms with E-state index in [4.69, 9.17) is 4.74 Å². The Kier molecular flexibility index (Phi) is 4.80. The van der Waals surface area contributed by atoms with E-state index in [0.717, 1.165) is 0 Å². The van der Waals surface area contributed by atoms with E-state index < -0.39 is 21.7 Å². The van der Waals surface area contributed by atoms with Crippen LogP contribution < -0.4 is 0 Å². The first kappa shape index (κ1) is 14.5. The molecule has 0 aliphatic heterocycles. The summed E-state index contributed by atoms with van der Waals surface area (Å²) in [4.78, 5) is 10.7. The zero-order valence-corrected chi connectivity index (χ0v) is 11.0. The van der Waals surface area contributed by atoms with Crippen LogP contribution in [0.25, 0.3) is 0 Å². The summed E-state index contributed by atoms with van der Waals surface area (Å²) in [6, 6.07) is 0. The van der Waals surface area contributed by atoms with Crippen LogP contribution in [0.3, 0.4) is 0 Å². The van der Waals surface area contributed by atoms with Crippen molar-refractivity contribution in [1.29, 1.82) is 0 Å². The van der Waals surface area contributed by atoms with Crippen LogP contribution in [0.1, 0.15) is 41.5 Å². The van der Waals surface area contributed by atoms with Crippen molar-refractivity contribution in [3.8, 4) is 0 Å². The molecule has 0 radical (unpaired) electrons. The summed E-state index contributed by atoms with van der Waals surface area (Å²) in [7, 11) is 0. The molecule has 0 aromatic heterocycles. The molecule has 15 heavy (non-hydrogen) atoms. The highest BCUT2D eigenvalue weighted by molar-refractivity contribution is 7.91. The van der Waals surface area contributed by atoms with Crippen LogP contribution in [0, 0.1) is 0 Å². The largest absolute Gasteiger partial charge is 0.591 e. The number of nitrogens with zero attached hydrogens (tertiary/aromatic N) is 1. The van der Waals surface area contributed by atoms with Crippen LogP contribution in [0.5, 0.6) is 0 Å². The average Bonchev–Trinajstić information content (AvgIpc) is 1.95. The van der Waals surface area contributed by atoms with E-state index in [1.54, 1.807) is 13.8 Å². The average molecular weight is 233 g/mol. The minimum Gasteiger partial charge on any atom is -0.591 e. The van der Waals surface area contributed by atoms with Crippen LogP contribution in [0.4, 0.5) is 0 Å². The SMILES string of the molecule is CC(=O)OC(C)(C)C=N[S@+]([O-])C(C)(C)C. The predicted octanol–water partition coefficient (Wildman–Crippen LogP) is 1.86. The molecular weight excluding hydrogens is 214 g/mol. The van der Waals surface area contributed by atoms with Crippen LogP contribution in [0.15, 0.2) is 4.40 Å². The molecule has 0 amide bonds. The number of ether oxygens (including phenoxy) is 1. The number of rotatable bonds is 3. The fourth-order valence-electron chi connectivity index (χ4n) is 0.730. The summed E-state index contributed by atoms with van der Waals surface area (Å²) in [5.74, 6) is -0.381. The molecule has 4 nitrogen and oxygen atoms in total. The summed E-state index contributed by atoms with van der Waals surface area (Å²) in [5.41, 5.74) is -0.813. The Morgan fingerprint density at radius 3 is 2.13 bits per heavy atom. The Balaban J connectivity index is 4.45. The molecular formula is C10H19NO3S. The summed E-state index contributed by atoms with van der Waals surface area (Å²) in [5, 5.41) is 0. The second-order valence-electron chi connectivity index (χ2n) is 4.79. The molecule has 0 aliphatic carbocycles. The first-order chi connectivity index (χ1) is 6.54. The van der Waals surface area contributed by atoms with Crippen molar-refractivity contribution in [2.75, 3.05) is 0 Å². The maximum Gasteiger partial charge on any atom is 0.303 e. The Hall–Kier alpha value is -0.550. The molecule has 0 aliphatic rings. The van der Waals surface area contributed by atoms with Crippen molar-refractivity contribution >= 4 is 23.5 Å². The quantitative estimate of drug-likeness (QED) is 0.424. The molecule has 0 aromatic carbocycles. The zero-order valence-electron chi connectivity index (χ0n) is 10.2. The number of esters is 1. The van der Waals surface area contributed by atoms with Crippen molar-refractivity contribution in [3.05, 3.63) is 0 Å². The number of carbonyl (C=O) groups excluding carboxylic acids is 1. The highest BCUT2D eigenvalue weighted by Gasteiger charge is 2.28. The van der Waals surface area contributed by atoms with Gasteiger partial charge in [-0.25, -0.2) is 0 Å². The van der Waals surface area contributed by atoms with Gasteiger partial charge in [0, 0.05) is 6.92 Å². The van der Waals surface area contributed by atoms with Crippen molar-refractivity contribution < 1.29 is 14.1 Å². The molecule has 0 N–H and O–H groups in total. The maximum absolute atomic E-state index is 11.6. The standard InChI is InChI=1S/C10H19NO3S/c1-8(12)14-10(5,6)7-11-15(13)9(2,3)4/h7H,1-6H3/t15-/m1/s1. The molecule has 5 heteroatoms. The lowest BCUT2D eigenvalue weighted by atomic mass is 10.2. The van der Waals surface area contributed by atoms with E-state index in [9.17, 15) is 9.35 Å². The molecule has 1 atom stereocenters. The molecule has 0 aromatic rings. The van der Waals surface area contributed by atoms with Crippen LogP contribution in [-0.4, -0.2) is 27.1 Å². The van der Waals surface area contributed by atoms with Gasteiger partial charge >= 0.3 is 5.97 Å². The maximum atomic E-state index is 11.6. The molecule has 0 bridgehead atoms. The number of hydrogen-bond donors (Lipinski definition) is 0. The Bertz CT molecular complexity index is 256. The fraction of sp³-hybridized carbons (Fsp3) is 0.800. The Labute approximate surface area is 94.4 Å². The lowest BCUT2D eigenvalue weighted by molar-refractivity contribution is -0.147. The second-order valence-corrected chi connectivity index (χ2v) is 6.73. The monoisotopic (exact) mass is 233 g/mol. The number of hydrogen-bond acceptors (Lipinski definition) is 4. The molecule has 0 saturated heterocycles. The van der Waals surface area contributed by atoms with Gasteiger partial charge in [-0.15, -0.1) is 0 Å². The third kappa shape index (κ3) is 6.52. The van der Waals surface area contributed by atoms with Gasteiger partial charge in [-0.2, -0.15) is 0 Å². The van der Waals surface area contributed by atoms with Crippen molar-refractivity contribution in [3.63, 3.8) is 0 Å². The Morgan fingerprint density at radius 1 is 1.33 bits per heavy atom. The van der Waals surface area contributed by atoms with Crippen molar-refractivity contribution in [1.82, 2.24) is 0 Å². The van der Waals surface area contributed by atoms with Gasteiger partial charge in [0.25, 0.3) is 0 Å². The lowest BCUT2D eigenvalue weighted by Gasteiger charge is -2.21. The van der Waals surface area contributed by atoms with Crippen LogP contribution in [-0.2, 0) is 20.9 Å². The molecule has 0 heterocycles. The summed E-state index contributed by atoms with van der Waals surface area (Å²) >= 11 is -1.32.